The van der Waals surface area contributed by atoms with Crippen LogP contribution in [0.5, 0.6) is 11.5 Å². The molecule has 0 aromatic heterocycles. The van der Waals surface area contributed by atoms with Crippen LogP contribution in [-0.2, 0) is 4.79 Å². The van der Waals surface area contributed by atoms with Crippen LogP contribution in [0.15, 0.2) is 53.6 Å². The van der Waals surface area contributed by atoms with Gasteiger partial charge in [-0.15, -0.1) is 0 Å². The maximum atomic E-state index is 11.6. The number of rotatable bonds is 7. The predicted octanol–water partition coefficient (Wildman–Crippen LogP) is 3.27. The molecule has 2 rings (SSSR count). The number of hydrogen-bond acceptors (Lipinski definition) is 4. The van der Waals surface area contributed by atoms with E-state index in [4.69, 9.17) is 21.1 Å². The number of para-hydroxylation sites is 1. The molecule has 120 valence electrons. The smallest absolute Gasteiger partial charge is 0.277 e. The van der Waals surface area contributed by atoms with E-state index in [1.54, 1.807) is 30.5 Å². The number of hydrazone groups is 1. The van der Waals surface area contributed by atoms with E-state index in [0.29, 0.717) is 17.4 Å². The first-order valence-electron chi connectivity index (χ1n) is 7.11. The molecule has 2 aromatic carbocycles. The zero-order valence-electron chi connectivity index (χ0n) is 12.7. The average Bonchev–Trinajstić information content (AvgIpc) is 2.56. The van der Waals surface area contributed by atoms with E-state index in [9.17, 15) is 4.79 Å². The molecule has 0 aliphatic heterocycles. The second kappa shape index (κ2) is 8.80. The van der Waals surface area contributed by atoms with Crippen molar-refractivity contribution in [2.75, 3.05) is 13.2 Å². The lowest BCUT2D eigenvalue weighted by Gasteiger charge is -2.06. The van der Waals surface area contributed by atoms with E-state index >= 15 is 0 Å². The fourth-order valence-electron chi connectivity index (χ4n) is 1.73. The molecule has 23 heavy (non-hydrogen) atoms. The summed E-state index contributed by atoms with van der Waals surface area (Å²) in [5, 5.41) is 4.33. The van der Waals surface area contributed by atoms with Crippen LogP contribution in [0.4, 0.5) is 0 Å². The zero-order chi connectivity index (χ0) is 16.5. The second-order valence-electron chi connectivity index (χ2n) is 4.51. The first-order chi connectivity index (χ1) is 11.2. The van der Waals surface area contributed by atoms with E-state index in [1.165, 1.54) is 0 Å². The molecular weight excluding hydrogens is 316 g/mol. The van der Waals surface area contributed by atoms with E-state index in [0.717, 1.165) is 11.3 Å². The van der Waals surface area contributed by atoms with E-state index in [1.807, 2.05) is 31.2 Å². The molecule has 0 bridgehead atoms. The first-order valence-corrected chi connectivity index (χ1v) is 7.49. The van der Waals surface area contributed by atoms with Crippen molar-refractivity contribution in [3.63, 3.8) is 0 Å². The van der Waals surface area contributed by atoms with E-state index in [-0.39, 0.29) is 12.5 Å². The molecule has 6 heteroatoms. The van der Waals surface area contributed by atoms with Crippen LogP contribution in [0.1, 0.15) is 12.5 Å². The number of ether oxygens (including phenoxy) is 2. The summed E-state index contributed by atoms with van der Waals surface area (Å²) in [5.41, 5.74) is 3.24. The summed E-state index contributed by atoms with van der Waals surface area (Å²) in [4.78, 5) is 11.6. The van der Waals surface area contributed by atoms with Crippen molar-refractivity contribution >= 4 is 23.7 Å². The molecule has 5 nitrogen and oxygen atoms in total. The average molecular weight is 333 g/mol. The van der Waals surface area contributed by atoms with Gasteiger partial charge in [0.2, 0.25) is 0 Å². The van der Waals surface area contributed by atoms with Gasteiger partial charge in [0.15, 0.2) is 6.61 Å². The van der Waals surface area contributed by atoms with Crippen molar-refractivity contribution in [2.24, 2.45) is 5.10 Å². The SMILES string of the molecule is CCOc1ccc(/C=N/NC(=O)COc2ccccc2Cl)cc1. The largest absolute Gasteiger partial charge is 0.494 e. The molecule has 0 aliphatic carbocycles. The van der Waals surface area contributed by atoms with Crippen LogP contribution >= 0.6 is 11.6 Å². The molecular formula is C17H17ClN2O3. The highest BCUT2D eigenvalue weighted by atomic mass is 35.5. The van der Waals surface area contributed by atoms with Crippen molar-refractivity contribution in [1.82, 2.24) is 5.43 Å². The van der Waals surface area contributed by atoms with Crippen LogP contribution in [0.2, 0.25) is 5.02 Å². The summed E-state index contributed by atoms with van der Waals surface area (Å²) in [6.07, 6.45) is 1.54. The third-order valence-corrected chi connectivity index (χ3v) is 3.10. The van der Waals surface area contributed by atoms with Crippen molar-refractivity contribution in [2.45, 2.75) is 6.92 Å². The molecule has 0 aliphatic rings. The lowest BCUT2D eigenvalue weighted by atomic mass is 10.2. The second-order valence-corrected chi connectivity index (χ2v) is 4.92. The lowest BCUT2D eigenvalue weighted by Crippen LogP contribution is -2.24. The highest BCUT2D eigenvalue weighted by Gasteiger charge is 2.04. The Morgan fingerprint density at radius 2 is 1.91 bits per heavy atom. The Balaban J connectivity index is 1.78. The molecule has 0 heterocycles. The Kier molecular flexibility index (Phi) is 6.44. The maximum Gasteiger partial charge on any atom is 0.277 e. The normalized spacial score (nSPS) is 10.5. The molecule has 1 N–H and O–H groups in total. The summed E-state index contributed by atoms with van der Waals surface area (Å²) < 4.78 is 10.7. The minimum Gasteiger partial charge on any atom is -0.494 e. The van der Waals surface area contributed by atoms with Crippen molar-refractivity contribution in [1.29, 1.82) is 0 Å². The number of nitrogens with one attached hydrogen (secondary N) is 1. The Morgan fingerprint density at radius 1 is 1.17 bits per heavy atom. The van der Waals surface area contributed by atoms with Gasteiger partial charge in [0.05, 0.1) is 17.8 Å². The number of nitrogens with zero attached hydrogens (tertiary/aromatic N) is 1. The Hall–Kier alpha value is -2.53. The quantitative estimate of drug-likeness (QED) is 0.625. The van der Waals surface area contributed by atoms with Gasteiger partial charge < -0.3 is 9.47 Å². The molecule has 0 unspecified atom stereocenters. The number of halogens is 1. The standard InChI is InChI=1S/C17H17ClN2O3/c1-2-22-14-9-7-13(8-10-14)11-19-20-17(21)12-23-16-6-4-3-5-15(16)18/h3-11H,2,12H2,1H3,(H,20,21)/b19-11+. The van der Waals surface area contributed by atoms with Gasteiger partial charge in [-0.3, -0.25) is 4.79 Å². The fourth-order valence-corrected chi connectivity index (χ4v) is 1.92. The molecule has 2 aromatic rings. The van der Waals surface area contributed by atoms with Crippen molar-refractivity contribution in [3.8, 4) is 11.5 Å². The molecule has 0 spiro atoms. The third-order valence-electron chi connectivity index (χ3n) is 2.79. The maximum absolute atomic E-state index is 11.6. The van der Waals surface area contributed by atoms with E-state index in [2.05, 4.69) is 10.5 Å². The topological polar surface area (TPSA) is 59.9 Å². The highest BCUT2D eigenvalue weighted by molar-refractivity contribution is 6.32. The molecule has 0 radical (unpaired) electrons. The van der Waals surface area contributed by atoms with Gasteiger partial charge in [-0.1, -0.05) is 23.7 Å². The Labute approximate surface area is 139 Å². The molecule has 0 atom stereocenters. The first kappa shape index (κ1) is 16.8. The summed E-state index contributed by atoms with van der Waals surface area (Å²) in [7, 11) is 0. The van der Waals surface area contributed by atoms with Crippen LogP contribution < -0.4 is 14.9 Å². The van der Waals surface area contributed by atoms with Gasteiger partial charge in [-0.05, 0) is 48.9 Å². The minimum atomic E-state index is -0.368. The summed E-state index contributed by atoms with van der Waals surface area (Å²) >= 11 is 5.93. The lowest BCUT2D eigenvalue weighted by molar-refractivity contribution is -0.123. The number of carbonyl (C=O) groups excluding carboxylic acids is 1. The molecule has 0 fully saturated rings. The third kappa shape index (κ3) is 5.64. The Morgan fingerprint density at radius 3 is 2.61 bits per heavy atom. The minimum absolute atomic E-state index is 0.162. The molecule has 1 amide bonds. The van der Waals surface area contributed by atoms with Crippen LogP contribution in [-0.4, -0.2) is 25.3 Å². The van der Waals surface area contributed by atoms with E-state index < -0.39 is 0 Å². The van der Waals surface area contributed by atoms with Crippen LogP contribution in [0.25, 0.3) is 0 Å². The highest BCUT2D eigenvalue weighted by Crippen LogP contribution is 2.22. The molecule has 0 saturated carbocycles. The van der Waals surface area contributed by atoms with Crippen LogP contribution in [0, 0.1) is 0 Å². The van der Waals surface area contributed by atoms with Gasteiger partial charge >= 0.3 is 0 Å². The predicted molar refractivity (Wildman–Crippen MR) is 90.3 cm³/mol. The zero-order valence-corrected chi connectivity index (χ0v) is 13.4. The van der Waals surface area contributed by atoms with Gasteiger partial charge in [0, 0.05) is 0 Å². The number of carbonyl (C=O) groups is 1. The van der Waals surface area contributed by atoms with Crippen LogP contribution in [0.3, 0.4) is 0 Å². The summed E-state index contributed by atoms with van der Waals surface area (Å²) in [6.45, 7) is 2.38. The Bertz CT molecular complexity index is 672. The monoisotopic (exact) mass is 332 g/mol. The number of amides is 1. The van der Waals surface area contributed by atoms with Crippen molar-refractivity contribution < 1.29 is 14.3 Å². The number of hydrogen-bond donors (Lipinski definition) is 1. The van der Waals surface area contributed by atoms with Gasteiger partial charge in [-0.25, -0.2) is 5.43 Å². The van der Waals surface area contributed by atoms with Gasteiger partial charge in [0.1, 0.15) is 11.5 Å². The van der Waals surface area contributed by atoms with Crippen molar-refractivity contribution in [3.05, 3.63) is 59.1 Å². The number of benzene rings is 2. The summed E-state index contributed by atoms with van der Waals surface area (Å²) in [6, 6.07) is 14.3. The fraction of sp³-hybridized carbons (Fsp3) is 0.176. The van der Waals surface area contributed by atoms with Gasteiger partial charge in [0.25, 0.3) is 5.91 Å². The summed E-state index contributed by atoms with van der Waals surface area (Å²) in [5.74, 6) is 0.883. The molecule has 0 saturated heterocycles. The van der Waals surface area contributed by atoms with Gasteiger partial charge in [-0.2, -0.15) is 5.10 Å².